The summed E-state index contributed by atoms with van der Waals surface area (Å²) in [7, 11) is 0. The maximum Gasteiger partial charge on any atom is 0.242 e. The van der Waals surface area contributed by atoms with Gasteiger partial charge in [-0.3, -0.25) is 4.79 Å². The van der Waals surface area contributed by atoms with E-state index in [0.717, 1.165) is 0 Å². The van der Waals surface area contributed by atoms with E-state index in [4.69, 9.17) is 0 Å². The quantitative estimate of drug-likeness (QED) is 0.774. The molecule has 2 heterocycles. The Bertz CT molecular complexity index is 373. The Labute approximate surface area is 94.7 Å². The van der Waals surface area contributed by atoms with Crippen molar-refractivity contribution in [3.8, 4) is 0 Å². The van der Waals surface area contributed by atoms with Crippen LogP contribution in [-0.2, 0) is 11.3 Å². The van der Waals surface area contributed by atoms with Gasteiger partial charge in [-0.15, -0.1) is 0 Å². The van der Waals surface area contributed by atoms with Crippen molar-refractivity contribution < 1.29 is 9.90 Å². The van der Waals surface area contributed by atoms with Crippen LogP contribution in [0.25, 0.3) is 0 Å². The first kappa shape index (κ1) is 11.1. The predicted octanol–water partition coefficient (Wildman–Crippen LogP) is 0.112. The number of carbonyl (C=O) groups is 1. The number of hydrogen-bond donors (Lipinski definition) is 1. The number of β-amino-alcohol motifs (C(OH)–C–C–N with tert-alkyl or cyclic N) is 1. The molecule has 1 amide bonds. The molecule has 1 aromatic rings. The molecule has 5 nitrogen and oxygen atoms in total. The van der Waals surface area contributed by atoms with E-state index < -0.39 is 5.60 Å². The lowest BCUT2D eigenvalue weighted by atomic mass is 9.95. The van der Waals surface area contributed by atoms with Crippen LogP contribution in [0.3, 0.4) is 0 Å². The summed E-state index contributed by atoms with van der Waals surface area (Å²) < 4.78 is 1.74. The van der Waals surface area contributed by atoms with E-state index in [2.05, 4.69) is 4.98 Å². The molecule has 1 aliphatic heterocycles. The molecule has 1 aromatic heterocycles. The number of nitrogens with zero attached hydrogens (tertiary/aromatic N) is 3. The predicted molar refractivity (Wildman–Crippen MR) is 58.6 cm³/mol. The minimum atomic E-state index is -0.759. The van der Waals surface area contributed by atoms with Crippen LogP contribution >= 0.6 is 0 Å². The minimum Gasteiger partial charge on any atom is -0.388 e. The normalized spacial score (nSPS) is 29.7. The van der Waals surface area contributed by atoms with Crippen molar-refractivity contribution in [1.29, 1.82) is 0 Å². The second-order valence-electron chi connectivity index (χ2n) is 4.77. The molecule has 0 aliphatic carbocycles. The third-order valence-corrected chi connectivity index (χ3v) is 3.30. The van der Waals surface area contributed by atoms with E-state index in [-0.39, 0.29) is 11.8 Å². The van der Waals surface area contributed by atoms with Crippen LogP contribution in [0.5, 0.6) is 0 Å². The van der Waals surface area contributed by atoms with Gasteiger partial charge in [-0.1, -0.05) is 6.92 Å². The lowest BCUT2D eigenvalue weighted by Gasteiger charge is -2.20. The van der Waals surface area contributed by atoms with E-state index in [1.54, 1.807) is 35.1 Å². The van der Waals surface area contributed by atoms with Gasteiger partial charge in [0.25, 0.3) is 0 Å². The van der Waals surface area contributed by atoms with E-state index in [1.165, 1.54) is 0 Å². The largest absolute Gasteiger partial charge is 0.388 e. The Morgan fingerprint density at radius 3 is 2.94 bits per heavy atom. The molecule has 0 unspecified atom stereocenters. The van der Waals surface area contributed by atoms with Crippen molar-refractivity contribution in [2.24, 2.45) is 5.92 Å². The molecule has 1 saturated heterocycles. The van der Waals surface area contributed by atoms with Gasteiger partial charge in [0.15, 0.2) is 0 Å². The average Bonchev–Trinajstić information content (AvgIpc) is 2.76. The van der Waals surface area contributed by atoms with Gasteiger partial charge in [0.2, 0.25) is 5.91 Å². The molecule has 88 valence electrons. The molecule has 0 spiro atoms. The highest BCUT2D eigenvalue weighted by Crippen LogP contribution is 2.26. The van der Waals surface area contributed by atoms with E-state index >= 15 is 0 Å². The summed E-state index contributed by atoms with van der Waals surface area (Å²) >= 11 is 0. The number of amides is 1. The van der Waals surface area contributed by atoms with Gasteiger partial charge >= 0.3 is 0 Å². The first-order valence-corrected chi connectivity index (χ1v) is 5.45. The molecular formula is C11H17N3O2. The first-order valence-electron chi connectivity index (χ1n) is 5.45. The van der Waals surface area contributed by atoms with Crippen molar-refractivity contribution in [1.82, 2.24) is 14.5 Å². The Morgan fingerprint density at radius 1 is 1.69 bits per heavy atom. The summed E-state index contributed by atoms with van der Waals surface area (Å²) in [5.41, 5.74) is -0.759. The Morgan fingerprint density at radius 2 is 2.44 bits per heavy atom. The molecule has 0 saturated carbocycles. The molecular weight excluding hydrogens is 206 g/mol. The monoisotopic (exact) mass is 223 g/mol. The molecule has 2 rings (SSSR count). The van der Waals surface area contributed by atoms with Gasteiger partial charge in [-0.05, 0) is 6.92 Å². The number of imidazole rings is 1. The van der Waals surface area contributed by atoms with Crippen molar-refractivity contribution in [2.75, 3.05) is 13.1 Å². The smallest absolute Gasteiger partial charge is 0.242 e. The van der Waals surface area contributed by atoms with Gasteiger partial charge in [-0.25, -0.2) is 4.98 Å². The number of aromatic nitrogens is 2. The summed E-state index contributed by atoms with van der Waals surface area (Å²) in [5, 5.41) is 10.00. The van der Waals surface area contributed by atoms with Crippen molar-refractivity contribution in [3.63, 3.8) is 0 Å². The van der Waals surface area contributed by atoms with Crippen LogP contribution in [0.2, 0.25) is 0 Å². The van der Waals surface area contributed by atoms with Crippen LogP contribution in [0.15, 0.2) is 18.7 Å². The summed E-state index contributed by atoms with van der Waals surface area (Å²) in [6.45, 7) is 5.08. The summed E-state index contributed by atoms with van der Waals surface area (Å²) in [5.74, 6) is 0.155. The fourth-order valence-electron chi connectivity index (χ4n) is 1.96. The molecule has 2 atom stereocenters. The zero-order valence-electron chi connectivity index (χ0n) is 9.63. The van der Waals surface area contributed by atoms with Gasteiger partial charge in [0.1, 0.15) is 6.54 Å². The lowest BCUT2D eigenvalue weighted by Crippen LogP contribution is -2.36. The molecule has 1 N–H and O–H groups in total. The van der Waals surface area contributed by atoms with Crippen LogP contribution < -0.4 is 0 Å². The Kier molecular flexibility index (Phi) is 2.71. The molecule has 0 radical (unpaired) electrons. The fourth-order valence-corrected chi connectivity index (χ4v) is 1.96. The average molecular weight is 223 g/mol. The molecule has 1 fully saturated rings. The SMILES string of the molecule is C[C@@H]1CN(C(=O)Cn2ccnc2)C[C@]1(C)O. The third-order valence-electron chi connectivity index (χ3n) is 3.30. The molecule has 16 heavy (non-hydrogen) atoms. The highest BCUT2D eigenvalue weighted by molar-refractivity contribution is 5.76. The van der Waals surface area contributed by atoms with Crippen LogP contribution in [0.4, 0.5) is 0 Å². The maximum atomic E-state index is 11.9. The van der Waals surface area contributed by atoms with E-state index in [0.29, 0.717) is 19.6 Å². The second kappa shape index (κ2) is 3.90. The molecule has 0 bridgehead atoms. The van der Waals surface area contributed by atoms with Gasteiger partial charge in [0.05, 0.1) is 11.9 Å². The third kappa shape index (κ3) is 2.09. The van der Waals surface area contributed by atoms with Crippen LogP contribution in [0.1, 0.15) is 13.8 Å². The van der Waals surface area contributed by atoms with Crippen molar-refractivity contribution in [3.05, 3.63) is 18.7 Å². The molecule has 5 heteroatoms. The number of hydrogen-bond acceptors (Lipinski definition) is 3. The maximum absolute atomic E-state index is 11.9. The molecule has 0 aromatic carbocycles. The van der Waals surface area contributed by atoms with Crippen molar-refractivity contribution >= 4 is 5.91 Å². The zero-order chi connectivity index (χ0) is 11.8. The number of rotatable bonds is 2. The number of aliphatic hydroxyl groups is 1. The van der Waals surface area contributed by atoms with Gasteiger partial charge in [-0.2, -0.15) is 0 Å². The Balaban J connectivity index is 1.97. The summed E-state index contributed by atoms with van der Waals surface area (Å²) in [6, 6.07) is 0. The van der Waals surface area contributed by atoms with Gasteiger partial charge in [0, 0.05) is 31.4 Å². The zero-order valence-corrected chi connectivity index (χ0v) is 9.63. The highest BCUT2D eigenvalue weighted by atomic mass is 16.3. The topological polar surface area (TPSA) is 58.4 Å². The number of likely N-dealkylation sites (tertiary alicyclic amines) is 1. The van der Waals surface area contributed by atoms with Crippen LogP contribution in [0, 0.1) is 5.92 Å². The lowest BCUT2D eigenvalue weighted by molar-refractivity contribution is -0.131. The molecule has 1 aliphatic rings. The first-order chi connectivity index (χ1) is 7.49. The summed E-state index contributed by atoms with van der Waals surface area (Å²) in [6.07, 6.45) is 5.03. The fraction of sp³-hybridized carbons (Fsp3) is 0.636. The number of carbonyl (C=O) groups excluding carboxylic acids is 1. The van der Waals surface area contributed by atoms with E-state index in [9.17, 15) is 9.90 Å². The van der Waals surface area contributed by atoms with Gasteiger partial charge < -0.3 is 14.6 Å². The Hall–Kier alpha value is -1.36. The summed E-state index contributed by atoms with van der Waals surface area (Å²) in [4.78, 5) is 17.5. The van der Waals surface area contributed by atoms with E-state index in [1.807, 2.05) is 6.92 Å². The van der Waals surface area contributed by atoms with Crippen LogP contribution in [-0.4, -0.2) is 44.2 Å². The highest BCUT2D eigenvalue weighted by Gasteiger charge is 2.40. The van der Waals surface area contributed by atoms with Crippen molar-refractivity contribution in [2.45, 2.75) is 26.0 Å². The standard InChI is InChI=1S/C11H17N3O2/c1-9-5-14(7-11(9,2)16)10(15)6-13-4-3-12-8-13/h3-4,8-9,16H,5-7H2,1-2H3/t9-,11+/m1/s1. The minimum absolute atomic E-state index is 0.0302. The second-order valence-corrected chi connectivity index (χ2v) is 4.77.